The van der Waals surface area contributed by atoms with Crippen molar-refractivity contribution in [2.75, 3.05) is 13.6 Å². The van der Waals surface area contributed by atoms with Crippen molar-refractivity contribution in [2.45, 2.75) is 59.6 Å². The molecule has 1 rings (SSSR count). The maximum Gasteiger partial charge on any atom is 0.307 e. The van der Waals surface area contributed by atoms with Crippen LogP contribution in [0.5, 0.6) is 0 Å². The fourth-order valence-electron chi connectivity index (χ4n) is 2.04. The first-order chi connectivity index (χ1) is 7.49. The molecule has 0 bridgehead atoms. The smallest absolute Gasteiger partial charge is 0.307 e. The van der Waals surface area contributed by atoms with Gasteiger partial charge in [-0.2, -0.15) is 0 Å². The predicted molar refractivity (Wildman–Crippen MR) is 67.4 cm³/mol. The third-order valence-corrected chi connectivity index (χ3v) is 2.62. The van der Waals surface area contributed by atoms with Gasteiger partial charge >= 0.3 is 5.97 Å². The normalized spacial score (nSPS) is 25.1. The summed E-state index contributed by atoms with van der Waals surface area (Å²) in [6.07, 6.45) is 1.60. The van der Waals surface area contributed by atoms with Crippen LogP contribution in [0.4, 0.5) is 0 Å². The van der Waals surface area contributed by atoms with Gasteiger partial charge in [-0.3, -0.25) is 4.79 Å². The Balaban J connectivity index is 0.00000106. The Bertz CT molecular complexity index is 204. The molecule has 0 aliphatic carbocycles. The molecular formula is C13H27NO2. The first-order valence-electron chi connectivity index (χ1n) is 6.38. The average molecular weight is 229 g/mol. The zero-order valence-corrected chi connectivity index (χ0v) is 11.6. The molecule has 2 unspecified atom stereocenters. The van der Waals surface area contributed by atoms with Crippen LogP contribution in [0.2, 0.25) is 0 Å². The minimum atomic E-state index is -0.0515. The van der Waals surface area contributed by atoms with Crippen molar-refractivity contribution in [3.8, 4) is 0 Å². The summed E-state index contributed by atoms with van der Waals surface area (Å²) < 4.78 is 5.11. The molecule has 1 aliphatic heterocycles. The molecule has 0 saturated carbocycles. The lowest BCUT2D eigenvalue weighted by Gasteiger charge is -2.34. The summed E-state index contributed by atoms with van der Waals surface area (Å²) >= 11 is 0. The second-order valence-corrected chi connectivity index (χ2v) is 4.73. The minimum absolute atomic E-state index is 0.0515. The lowest BCUT2D eigenvalue weighted by molar-refractivity contribution is -0.156. The third kappa shape index (κ3) is 5.50. The second-order valence-electron chi connectivity index (χ2n) is 4.73. The van der Waals surface area contributed by atoms with Gasteiger partial charge in [-0.1, -0.05) is 27.7 Å². The maximum absolute atomic E-state index is 11.2. The quantitative estimate of drug-likeness (QED) is 0.697. The average Bonchev–Trinajstić information content (AvgIpc) is 2.18. The molecule has 96 valence electrons. The molecule has 0 amide bonds. The number of hydrogen-bond donors (Lipinski definition) is 0. The molecule has 3 heteroatoms. The molecule has 1 saturated heterocycles. The first kappa shape index (κ1) is 15.4. The number of ether oxygens (including phenoxy) is 1. The molecule has 1 fully saturated rings. The van der Waals surface area contributed by atoms with Crippen LogP contribution in [0.1, 0.15) is 47.5 Å². The van der Waals surface area contributed by atoms with E-state index in [1.807, 2.05) is 20.8 Å². The van der Waals surface area contributed by atoms with Gasteiger partial charge in [0.2, 0.25) is 0 Å². The molecule has 0 N–H and O–H groups in total. The van der Waals surface area contributed by atoms with Crippen molar-refractivity contribution in [3.63, 3.8) is 0 Å². The molecule has 0 aromatic heterocycles. The van der Waals surface area contributed by atoms with E-state index in [4.69, 9.17) is 4.74 Å². The number of rotatable bonds is 3. The van der Waals surface area contributed by atoms with Gasteiger partial charge < -0.3 is 9.64 Å². The number of esters is 1. The first-order valence-corrected chi connectivity index (χ1v) is 6.38. The van der Waals surface area contributed by atoms with E-state index in [0.717, 1.165) is 13.0 Å². The van der Waals surface area contributed by atoms with Gasteiger partial charge in [0.05, 0.1) is 6.42 Å². The van der Waals surface area contributed by atoms with Gasteiger partial charge in [0.1, 0.15) is 6.10 Å². The molecule has 0 spiro atoms. The van der Waals surface area contributed by atoms with Gasteiger partial charge in [-0.15, -0.1) is 0 Å². The molecule has 0 radical (unpaired) electrons. The lowest BCUT2D eigenvalue weighted by atomic mass is 10.0. The van der Waals surface area contributed by atoms with Crippen molar-refractivity contribution in [1.29, 1.82) is 0 Å². The van der Waals surface area contributed by atoms with Gasteiger partial charge in [0.25, 0.3) is 0 Å². The molecule has 16 heavy (non-hydrogen) atoms. The van der Waals surface area contributed by atoms with Crippen LogP contribution in [-0.2, 0) is 9.53 Å². The fourth-order valence-corrected chi connectivity index (χ4v) is 2.04. The van der Waals surface area contributed by atoms with Crippen LogP contribution in [0.15, 0.2) is 0 Å². The van der Waals surface area contributed by atoms with E-state index in [1.165, 1.54) is 0 Å². The van der Waals surface area contributed by atoms with Crippen molar-refractivity contribution in [1.82, 2.24) is 4.90 Å². The van der Waals surface area contributed by atoms with Gasteiger partial charge in [0.15, 0.2) is 0 Å². The Kier molecular flexibility index (Phi) is 7.39. The summed E-state index contributed by atoms with van der Waals surface area (Å²) in [5.74, 6) is 0.595. The van der Waals surface area contributed by atoms with Crippen LogP contribution in [0, 0.1) is 5.92 Å². The lowest BCUT2D eigenvalue weighted by Crippen LogP contribution is -2.42. The van der Waals surface area contributed by atoms with Gasteiger partial charge in [-0.05, 0) is 19.9 Å². The van der Waals surface area contributed by atoms with Crippen molar-refractivity contribution in [2.24, 2.45) is 5.92 Å². The highest BCUT2D eigenvalue weighted by atomic mass is 16.5. The van der Waals surface area contributed by atoms with Crippen LogP contribution in [0.25, 0.3) is 0 Å². The Morgan fingerprint density at radius 3 is 2.44 bits per heavy atom. The minimum Gasteiger partial charge on any atom is -0.463 e. The number of cyclic esters (lactones) is 1. The third-order valence-electron chi connectivity index (χ3n) is 2.62. The number of hydrogen-bond acceptors (Lipinski definition) is 3. The van der Waals surface area contributed by atoms with E-state index in [0.29, 0.717) is 18.4 Å². The Hall–Kier alpha value is -0.570. The van der Waals surface area contributed by atoms with Crippen LogP contribution >= 0.6 is 0 Å². The molecule has 0 aromatic carbocycles. The summed E-state index contributed by atoms with van der Waals surface area (Å²) in [6, 6.07) is 0.369. The maximum atomic E-state index is 11.2. The van der Waals surface area contributed by atoms with Crippen molar-refractivity contribution in [3.05, 3.63) is 0 Å². The largest absolute Gasteiger partial charge is 0.463 e. The molecule has 3 nitrogen and oxygen atoms in total. The predicted octanol–water partition coefficient (Wildman–Crippen LogP) is 2.69. The van der Waals surface area contributed by atoms with Crippen LogP contribution < -0.4 is 0 Å². The number of nitrogens with zero attached hydrogens (tertiary/aromatic N) is 1. The van der Waals surface area contributed by atoms with E-state index in [1.54, 1.807) is 0 Å². The van der Waals surface area contributed by atoms with E-state index < -0.39 is 0 Å². The SMILES string of the molecule is CC.CC(C)CN(C)C1CC(=O)OC(C)C1. The van der Waals surface area contributed by atoms with Crippen LogP contribution in [-0.4, -0.2) is 36.6 Å². The Morgan fingerprint density at radius 2 is 2.00 bits per heavy atom. The zero-order valence-electron chi connectivity index (χ0n) is 11.6. The molecule has 1 heterocycles. The molecule has 1 aliphatic rings. The van der Waals surface area contributed by atoms with Gasteiger partial charge in [-0.25, -0.2) is 0 Å². The van der Waals surface area contributed by atoms with E-state index in [-0.39, 0.29) is 12.1 Å². The molecule has 0 aromatic rings. The van der Waals surface area contributed by atoms with Crippen LogP contribution in [0.3, 0.4) is 0 Å². The Morgan fingerprint density at radius 1 is 1.44 bits per heavy atom. The summed E-state index contributed by atoms with van der Waals surface area (Å²) in [7, 11) is 2.09. The standard InChI is InChI=1S/C11H21NO2.C2H6/c1-8(2)7-12(4)10-5-9(3)14-11(13)6-10;1-2/h8-10H,5-7H2,1-4H3;1-2H3. The number of carbonyl (C=O) groups excluding carboxylic acids is 1. The van der Waals surface area contributed by atoms with E-state index in [2.05, 4.69) is 25.8 Å². The molecule has 2 atom stereocenters. The van der Waals surface area contributed by atoms with E-state index >= 15 is 0 Å². The van der Waals surface area contributed by atoms with E-state index in [9.17, 15) is 4.79 Å². The summed E-state index contributed by atoms with van der Waals surface area (Å²) in [5, 5.41) is 0. The van der Waals surface area contributed by atoms with Crippen molar-refractivity contribution < 1.29 is 9.53 Å². The summed E-state index contributed by atoms with van der Waals surface area (Å²) in [6.45, 7) is 11.4. The molecular weight excluding hydrogens is 202 g/mol. The van der Waals surface area contributed by atoms with Crippen molar-refractivity contribution >= 4 is 5.97 Å². The van der Waals surface area contributed by atoms with Gasteiger partial charge in [0, 0.05) is 19.0 Å². The monoisotopic (exact) mass is 229 g/mol. The Labute approximate surface area is 100 Å². The summed E-state index contributed by atoms with van der Waals surface area (Å²) in [5.41, 5.74) is 0. The highest BCUT2D eigenvalue weighted by molar-refractivity contribution is 5.71. The zero-order chi connectivity index (χ0) is 12.7. The second kappa shape index (κ2) is 7.66. The number of carbonyl (C=O) groups is 1. The highest BCUT2D eigenvalue weighted by Crippen LogP contribution is 2.19. The highest BCUT2D eigenvalue weighted by Gasteiger charge is 2.28. The topological polar surface area (TPSA) is 29.5 Å². The fraction of sp³-hybridized carbons (Fsp3) is 0.923. The summed E-state index contributed by atoms with van der Waals surface area (Å²) in [4.78, 5) is 13.5.